The Morgan fingerprint density at radius 1 is 0.963 bits per heavy atom. The number of ketones is 1. The van der Waals surface area contributed by atoms with Crippen LogP contribution in [0.1, 0.15) is 26.7 Å². The molecule has 7 heteroatoms. The fraction of sp³-hybridized carbons (Fsp3) is 0.100. The summed E-state index contributed by atoms with van der Waals surface area (Å²) in [5, 5.41) is 0. The Kier molecular flexibility index (Phi) is 5.61. The number of carbonyl (C=O) groups excluding carboxylic acids is 2. The highest BCUT2D eigenvalue weighted by molar-refractivity contribution is 5.99. The molecule has 0 aliphatic carbocycles. The van der Waals surface area contributed by atoms with E-state index in [4.69, 9.17) is 13.9 Å². The van der Waals surface area contributed by atoms with Crippen LogP contribution in [-0.4, -0.2) is 18.4 Å². The minimum absolute atomic E-state index is 0.102. The molecule has 1 heterocycles. The monoisotopic (exact) mass is 372 g/mol. The number of carbonyl (C=O) groups is 2. The van der Waals surface area contributed by atoms with Crippen molar-refractivity contribution in [2.75, 3.05) is 6.61 Å². The third kappa shape index (κ3) is 4.78. The zero-order valence-electron chi connectivity index (χ0n) is 14.0. The zero-order chi connectivity index (χ0) is 19.2. The Labute approximate surface area is 153 Å². The van der Waals surface area contributed by atoms with Crippen molar-refractivity contribution in [1.82, 2.24) is 0 Å². The van der Waals surface area contributed by atoms with Gasteiger partial charge in [0, 0.05) is 0 Å². The Hall–Kier alpha value is -3.48. The highest BCUT2D eigenvalue weighted by Crippen LogP contribution is 2.15. The predicted molar refractivity (Wildman–Crippen MR) is 90.5 cm³/mol. The lowest BCUT2D eigenvalue weighted by Crippen LogP contribution is -2.15. The van der Waals surface area contributed by atoms with Crippen LogP contribution in [0.2, 0.25) is 0 Å². The van der Waals surface area contributed by atoms with Crippen LogP contribution in [0, 0.1) is 11.6 Å². The van der Waals surface area contributed by atoms with Gasteiger partial charge in [-0.25, -0.2) is 13.6 Å². The second-order valence-corrected chi connectivity index (χ2v) is 5.49. The van der Waals surface area contributed by atoms with Crippen LogP contribution in [0.25, 0.3) is 0 Å². The van der Waals surface area contributed by atoms with Crippen LogP contribution in [-0.2, 0) is 11.3 Å². The average molecular weight is 372 g/mol. The van der Waals surface area contributed by atoms with Gasteiger partial charge in [-0.2, -0.15) is 0 Å². The predicted octanol–water partition coefficient (Wildman–Crippen LogP) is 4.18. The van der Waals surface area contributed by atoms with E-state index < -0.39 is 35.6 Å². The summed E-state index contributed by atoms with van der Waals surface area (Å²) in [4.78, 5) is 23.8. The first kappa shape index (κ1) is 18.3. The first-order chi connectivity index (χ1) is 13.0. The molecule has 0 spiro atoms. The summed E-state index contributed by atoms with van der Waals surface area (Å²) in [6.45, 7) is -0.638. The number of hydrogen-bond donors (Lipinski definition) is 0. The summed E-state index contributed by atoms with van der Waals surface area (Å²) in [5.41, 5.74) is -0.487. The third-order valence-corrected chi connectivity index (χ3v) is 3.55. The van der Waals surface area contributed by atoms with Crippen LogP contribution < -0.4 is 4.74 Å². The molecule has 0 atom stereocenters. The van der Waals surface area contributed by atoms with Gasteiger partial charge in [0.15, 0.2) is 6.61 Å². The van der Waals surface area contributed by atoms with Gasteiger partial charge < -0.3 is 13.9 Å². The maximum absolute atomic E-state index is 13.5. The molecule has 5 nitrogen and oxygen atoms in total. The van der Waals surface area contributed by atoms with Crippen molar-refractivity contribution in [3.05, 3.63) is 89.4 Å². The maximum Gasteiger partial charge on any atom is 0.374 e. The van der Waals surface area contributed by atoms with Crippen molar-refractivity contribution in [2.24, 2.45) is 0 Å². The molecular formula is C20H14F2O5. The summed E-state index contributed by atoms with van der Waals surface area (Å²) in [6, 6.07) is 14.4. The number of para-hydroxylation sites is 1. The van der Waals surface area contributed by atoms with E-state index in [0.717, 1.165) is 18.2 Å². The van der Waals surface area contributed by atoms with Crippen LogP contribution >= 0.6 is 0 Å². The zero-order valence-corrected chi connectivity index (χ0v) is 14.0. The molecule has 0 amide bonds. The summed E-state index contributed by atoms with van der Waals surface area (Å²) >= 11 is 0. The van der Waals surface area contributed by atoms with Gasteiger partial charge >= 0.3 is 5.97 Å². The molecule has 0 N–H and O–H groups in total. The Morgan fingerprint density at radius 2 is 1.74 bits per heavy atom. The van der Waals surface area contributed by atoms with Gasteiger partial charge in [0.25, 0.3) is 0 Å². The maximum atomic E-state index is 13.5. The smallest absolute Gasteiger partial charge is 0.374 e. The second-order valence-electron chi connectivity index (χ2n) is 5.49. The molecule has 0 saturated carbocycles. The minimum atomic E-state index is -0.897. The molecular weight excluding hydrogens is 358 g/mol. The lowest BCUT2D eigenvalue weighted by Gasteiger charge is -2.04. The summed E-state index contributed by atoms with van der Waals surface area (Å²) < 4.78 is 42.2. The molecule has 0 bridgehead atoms. The Balaban J connectivity index is 1.55. The van der Waals surface area contributed by atoms with Gasteiger partial charge in [0.2, 0.25) is 11.5 Å². The SMILES string of the molecule is O=C(OCC(=O)c1cc(F)ccc1F)c1ccc(COc2ccccc2)o1. The number of furan rings is 1. The molecule has 0 radical (unpaired) electrons. The van der Waals surface area contributed by atoms with Crippen LogP contribution in [0.4, 0.5) is 8.78 Å². The number of hydrogen-bond acceptors (Lipinski definition) is 5. The minimum Gasteiger partial charge on any atom is -0.486 e. The van der Waals surface area contributed by atoms with Crippen molar-refractivity contribution in [3.8, 4) is 5.75 Å². The van der Waals surface area contributed by atoms with E-state index in [9.17, 15) is 18.4 Å². The first-order valence-electron chi connectivity index (χ1n) is 7.95. The van der Waals surface area contributed by atoms with Crippen LogP contribution in [0.3, 0.4) is 0 Å². The Morgan fingerprint density at radius 3 is 2.52 bits per heavy atom. The summed E-state index contributed by atoms with van der Waals surface area (Å²) in [5.74, 6) is -2.52. The average Bonchev–Trinajstić information content (AvgIpc) is 3.16. The summed E-state index contributed by atoms with van der Waals surface area (Å²) in [6.07, 6.45) is 0. The summed E-state index contributed by atoms with van der Waals surface area (Å²) in [7, 11) is 0. The largest absolute Gasteiger partial charge is 0.486 e. The lowest BCUT2D eigenvalue weighted by atomic mass is 10.1. The van der Waals surface area contributed by atoms with Crippen molar-refractivity contribution >= 4 is 11.8 Å². The topological polar surface area (TPSA) is 65.7 Å². The van der Waals surface area contributed by atoms with Crippen molar-refractivity contribution in [3.63, 3.8) is 0 Å². The lowest BCUT2D eigenvalue weighted by molar-refractivity contribution is 0.0439. The third-order valence-electron chi connectivity index (χ3n) is 3.55. The number of halogens is 2. The van der Waals surface area contributed by atoms with Gasteiger partial charge in [-0.3, -0.25) is 4.79 Å². The molecule has 1 aromatic heterocycles. The fourth-order valence-electron chi connectivity index (χ4n) is 2.23. The molecule has 27 heavy (non-hydrogen) atoms. The number of ether oxygens (including phenoxy) is 2. The van der Waals surface area contributed by atoms with E-state index in [-0.39, 0.29) is 12.4 Å². The number of esters is 1. The van der Waals surface area contributed by atoms with E-state index in [0.29, 0.717) is 11.5 Å². The van der Waals surface area contributed by atoms with E-state index in [1.54, 1.807) is 12.1 Å². The molecule has 3 aromatic rings. The Bertz CT molecular complexity index is 950. The van der Waals surface area contributed by atoms with Gasteiger partial charge in [-0.15, -0.1) is 0 Å². The highest BCUT2D eigenvalue weighted by atomic mass is 19.1. The number of Topliss-reactive ketones (excluding diaryl/α,β-unsaturated/α-hetero) is 1. The van der Waals surface area contributed by atoms with E-state index in [1.165, 1.54) is 12.1 Å². The van der Waals surface area contributed by atoms with Crippen LogP contribution in [0.5, 0.6) is 5.75 Å². The second kappa shape index (κ2) is 8.27. The molecule has 0 fully saturated rings. The van der Waals surface area contributed by atoms with E-state index in [1.807, 2.05) is 18.2 Å². The van der Waals surface area contributed by atoms with Crippen molar-refractivity contribution in [2.45, 2.75) is 6.61 Å². The number of benzene rings is 2. The molecule has 0 aliphatic rings. The molecule has 2 aromatic carbocycles. The molecule has 138 valence electrons. The first-order valence-corrected chi connectivity index (χ1v) is 7.95. The van der Waals surface area contributed by atoms with Gasteiger partial charge in [0.05, 0.1) is 5.56 Å². The van der Waals surface area contributed by atoms with E-state index >= 15 is 0 Å². The fourth-order valence-corrected chi connectivity index (χ4v) is 2.23. The normalized spacial score (nSPS) is 10.4. The standard InChI is InChI=1S/C20H14F2O5/c21-13-6-8-17(22)16(10-13)18(23)12-26-20(24)19-9-7-15(27-19)11-25-14-4-2-1-3-5-14/h1-10H,11-12H2. The van der Waals surface area contributed by atoms with Crippen LogP contribution in [0.15, 0.2) is 65.1 Å². The van der Waals surface area contributed by atoms with Gasteiger partial charge in [-0.1, -0.05) is 18.2 Å². The van der Waals surface area contributed by atoms with Gasteiger partial charge in [-0.05, 0) is 42.5 Å². The van der Waals surface area contributed by atoms with E-state index in [2.05, 4.69) is 0 Å². The molecule has 3 rings (SSSR count). The van der Waals surface area contributed by atoms with Crippen molar-refractivity contribution in [1.29, 1.82) is 0 Å². The quantitative estimate of drug-likeness (QED) is 0.460. The molecule has 0 saturated heterocycles. The van der Waals surface area contributed by atoms with Crippen molar-refractivity contribution < 1.29 is 32.3 Å². The molecule has 0 aliphatic heterocycles. The van der Waals surface area contributed by atoms with Gasteiger partial charge in [0.1, 0.15) is 29.8 Å². The highest BCUT2D eigenvalue weighted by Gasteiger charge is 2.18. The number of rotatable bonds is 7. The molecule has 0 unspecified atom stereocenters.